The number of halogens is 7. The lowest BCUT2D eigenvalue weighted by atomic mass is 9.98. The zero-order chi connectivity index (χ0) is 16.5. The summed E-state index contributed by atoms with van der Waals surface area (Å²) in [6, 6.07) is 7.01. The van der Waals surface area contributed by atoms with Crippen molar-refractivity contribution in [3.05, 3.63) is 52.0 Å². The Morgan fingerprint density at radius 1 is 0.955 bits per heavy atom. The Kier molecular flexibility index (Phi) is 4.82. The Morgan fingerprint density at radius 2 is 1.64 bits per heavy atom. The van der Waals surface area contributed by atoms with Crippen LogP contribution in [0.2, 0.25) is 10.0 Å². The summed E-state index contributed by atoms with van der Waals surface area (Å²) in [6.07, 6.45) is -4.88. The van der Waals surface area contributed by atoms with E-state index in [1.807, 2.05) is 0 Å². The van der Waals surface area contributed by atoms with Crippen LogP contribution in [0.4, 0.5) is 22.0 Å². The molecule has 0 radical (unpaired) electrons. The van der Waals surface area contributed by atoms with Gasteiger partial charge in [-0.1, -0.05) is 41.4 Å². The smallest absolute Gasteiger partial charge is 0.420 e. The van der Waals surface area contributed by atoms with Gasteiger partial charge in [-0.15, -0.1) is 0 Å². The summed E-state index contributed by atoms with van der Waals surface area (Å²) in [6.45, 7) is -3.37. The number of ether oxygens (including phenoxy) is 1. The largest absolute Gasteiger partial charge is 0.434 e. The molecule has 0 N–H and O–H groups in total. The molecular weight excluding hydrogens is 350 g/mol. The van der Waals surface area contributed by atoms with Crippen LogP contribution in [0, 0.1) is 0 Å². The van der Waals surface area contributed by atoms with Crippen molar-refractivity contribution >= 4 is 23.2 Å². The van der Waals surface area contributed by atoms with Gasteiger partial charge >= 0.3 is 12.8 Å². The van der Waals surface area contributed by atoms with Gasteiger partial charge in [-0.25, -0.2) is 0 Å². The SMILES string of the molecule is FC(F)Oc1cccc(-c2ccc(Cl)c(Cl)c2)c1C(F)(F)F. The quantitative estimate of drug-likeness (QED) is 0.588. The van der Waals surface area contributed by atoms with Gasteiger partial charge in [0.2, 0.25) is 0 Å². The third-order valence-electron chi connectivity index (χ3n) is 2.76. The first-order valence-corrected chi connectivity index (χ1v) is 6.56. The average molecular weight is 357 g/mol. The Morgan fingerprint density at radius 3 is 2.18 bits per heavy atom. The van der Waals surface area contributed by atoms with Gasteiger partial charge in [0.25, 0.3) is 0 Å². The van der Waals surface area contributed by atoms with Gasteiger partial charge in [0.15, 0.2) is 0 Å². The minimum atomic E-state index is -4.88. The fraction of sp³-hybridized carbons (Fsp3) is 0.143. The van der Waals surface area contributed by atoms with E-state index in [-0.39, 0.29) is 21.2 Å². The van der Waals surface area contributed by atoms with Crippen LogP contribution in [0.15, 0.2) is 36.4 Å². The molecule has 118 valence electrons. The molecule has 2 aromatic rings. The molecule has 8 heteroatoms. The van der Waals surface area contributed by atoms with Crippen LogP contribution in [0.3, 0.4) is 0 Å². The maximum atomic E-state index is 13.2. The van der Waals surface area contributed by atoms with E-state index in [4.69, 9.17) is 23.2 Å². The monoisotopic (exact) mass is 356 g/mol. The van der Waals surface area contributed by atoms with E-state index in [1.165, 1.54) is 24.3 Å². The molecule has 0 aliphatic heterocycles. The van der Waals surface area contributed by atoms with Crippen molar-refractivity contribution in [1.29, 1.82) is 0 Å². The Labute approximate surface area is 132 Å². The van der Waals surface area contributed by atoms with Crippen molar-refractivity contribution in [2.75, 3.05) is 0 Å². The molecule has 0 saturated heterocycles. The number of benzene rings is 2. The number of rotatable bonds is 3. The van der Waals surface area contributed by atoms with Crippen LogP contribution >= 0.6 is 23.2 Å². The van der Waals surface area contributed by atoms with Crippen molar-refractivity contribution in [2.24, 2.45) is 0 Å². The van der Waals surface area contributed by atoms with Crippen molar-refractivity contribution < 1.29 is 26.7 Å². The molecule has 0 aliphatic carbocycles. The van der Waals surface area contributed by atoms with E-state index < -0.39 is 24.1 Å². The fourth-order valence-corrected chi connectivity index (χ4v) is 2.22. The predicted octanol–water partition coefficient (Wildman–Crippen LogP) is 6.28. The molecule has 0 aliphatic rings. The van der Waals surface area contributed by atoms with Gasteiger partial charge in [-0.2, -0.15) is 22.0 Å². The van der Waals surface area contributed by atoms with Gasteiger partial charge in [0.1, 0.15) is 11.3 Å². The molecule has 0 bridgehead atoms. The second-order valence-electron chi connectivity index (χ2n) is 4.18. The van der Waals surface area contributed by atoms with Crippen molar-refractivity contribution in [2.45, 2.75) is 12.8 Å². The molecule has 2 rings (SSSR count). The average Bonchev–Trinajstić information content (AvgIpc) is 2.39. The second-order valence-corrected chi connectivity index (χ2v) is 5.00. The summed E-state index contributed by atoms with van der Waals surface area (Å²) in [5.74, 6) is -0.953. The summed E-state index contributed by atoms with van der Waals surface area (Å²) in [5, 5.41) is 0.214. The molecular formula is C14H7Cl2F5O. The van der Waals surface area contributed by atoms with Gasteiger partial charge in [-0.05, 0) is 29.3 Å². The molecule has 0 aromatic heterocycles. The standard InChI is InChI=1S/C14H7Cl2F5O/c15-9-5-4-7(6-10(9)16)8-2-1-3-11(22-13(17)18)12(8)14(19,20)21/h1-6,13H. The lowest BCUT2D eigenvalue weighted by Gasteiger charge is -2.17. The van der Waals surface area contributed by atoms with Crippen molar-refractivity contribution in [3.63, 3.8) is 0 Å². The number of hydrogen-bond donors (Lipinski definition) is 0. The van der Waals surface area contributed by atoms with Gasteiger partial charge in [0, 0.05) is 0 Å². The molecule has 0 atom stereocenters. The van der Waals surface area contributed by atoms with E-state index in [0.29, 0.717) is 0 Å². The van der Waals surface area contributed by atoms with Crippen molar-refractivity contribution in [1.82, 2.24) is 0 Å². The van der Waals surface area contributed by atoms with Crippen LogP contribution in [-0.4, -0.2) is 6.61 Å². The van der Waals surface area contributed by atoms with Crippen molar-refractivity contribution in [3.8, 4) is 16.9 Å². The maximum Gasteiger partial charge on any atom is 0.420 e. The lowest BCUT2D eigenvalue weighted by molar-refractivity contribution is -0.141. The molecule has 1 nitrogen and oxygen atoms in total. The van der Waals surface area contributed by atoms with Crippen LogP contribution < -0.4 is 4.74 Å². The Balaban J connectivity index is 2.67. The lowest BCUT2D eigenvalue weighted by Crippen LogP contribution is -2.13. The summed E-state index contributed by atoms with van der Waals surface area (Å²) in [7, 11) is 0. The van der Waals surface area contributed by atoms with E-state index in [2.05, 4.69) is 4.74 Å². The molecule has 0 fully saturated rings. The fourth-order valence-electron chi connectivity index (χ4n) is 1.92. The van der Waals surface area contributed by atoms with E-state index in [1.54, 1.807) is 0 Å². The Bertz CT molecular complexity index is 685. The maximum absolute atomic E-state index is 13.2. The Hall–Kier alpha value is -1.53. The molecule has 0 amide bonds. The molecule has 2 aromatic carbocycles. The van der Waals surface area contributed by atoms with Crippen LogP contribution in [0.1, 0.15) is 5.56 Å². The normalized spacial score (nSPS) is 11.8. The van der Waals surface area contributed by atoms with Crippen LogP contribution in [-0.2, 0) is 6.18 Å². The van der Waals surface area contributed by atoms with E-state index in [0.717, 1.165) is 12.1 Å². The predicted molar refractivity (Wildman–Crippen MR) is 73.5 cm³/mol. The summed E-state index contributed by atoms with van der Waals surface area (Å²) < 4.78 is 68.3. The molecule has 0 saturated carbocycles. The van der Waals surface area contributed by atoms with Gasteiger partial charge in [-0.3, -0.25) is 0 Å². The van der Waals surface area contributed by atoms with E-state index >= 15 is 0 Å². The highest BCUT2D eigenvalue weighted by Gasteiger charge is 2.38. The van der Waals surface area contributed by atoms with Gasteiger partial charge in [0.05, 0.1) is 10.0 Å². The highest BCUT2D eigenvalue weighted by Crippen LogP contribution is 2.44. The number of alkyl halides is 5. The molecule has 0 heterocycles. The third-order valence-corrected chi connectivity index (χ3v) is 3.50. The number of hydrogen-bond acceptors (Lipinski definition) is 1. The van der Waals surface area contributed by atoms with Crippen LogP contribution in [0.5, 0.6) is 5.75 Å². The van der Waals surface area contributed by atoms with Gasteiger partial charge < -0.3 is 4.74 Å². The molecule has 22 heavy (non-hydrogen) atoms. The van der Waals surface area contributed by atoms with E-state index in [9.17, 15) is 22.0 Å². The third kappa shape index (κ3) is 3.62. The zero-order valence-corrected chi connectivity index (χ0v) is 12.1. The summed E-state index contributed by atoms with van der Waals surface area (Å²) in [5.41, 5.74) is -1.54. The first-order chi connectivity index (χ1) is 10.2. The minimum absolute atomic E-state index is 0.0486. The summed E-state index contributed by atoms with van der Waals surface area (Å²) in [4.78, 5) is 0. The van der Waals surface area contributed by atoms with Crippen LogP contribution in [0.25, 0.3) is 11.1 Å². The second kappa shape index (κ2) is 6.30. The first kappa shape index (κ1) is 16.8. The zero-order valence-electron chi connectivity index (χ0n) is 10.6. The molecule has 0 spiro atoms. The first-order valence-electron chi connectivity index (χ1n) is 5.80. The topological polar surface area (TPSA) is 9.23 Å². The highest BCUT2D eigenvalue weighted by molar-refractivity contribution is 6.42. The highest BCUT2D eigenvalue weighted by atomic mass is 35.5. The summed E-state index contributed by atoms with van der Waals surface area (Å²) >= 11 is 11.5. The minimum Gasteiger partial charge on any atom is -0.434 e. The molecule has 0 unspecified atom stereocenters.